The Labute approximate surface area is 200 Å². The van der Waals surface area contributed by atoms with Gasteiger partial charge in [-0.25, -0.2) is 4.98 Å². The van der Waals surface area contributed by atoms with E-state index in [0.717, 1.165) is 21.7 Å². The summed E-state index contributed by atoms with van der Waals surface area (Å²) in [4.78, 5) is 34.6. The zero-order valence-corrected chi connectivity index (χ0v) is 20.4. The predicted molar refractivity (Wildman–Crippen MR) is 131 cm³/mol. The quantitative estimate of drug-likeness (QED) is 0.428. The normalized spacial score (nSPS) is 15.3. The van der Waals surface area contributed by atoms with Gasteiger partial charge in [0.05, 0.1) is 29.3 Å². The molecule has 174 valence electrons. The number of aryl methyl sites for hydroxylation is 4. The zero-order chi connectivity index (χ0) is 24.3. The predicted octanol–water partition coefficient (Wildman–Crippen LogP) is 5.34. The Morgan fingerprint density at radius 3 is 2.53 bits per heavy atom. The summed E-state index contributed by atoms with van der Waals surface area (Å²) in [5.41, 5.74) is 3.77. The minimum atomic E-state index is -0.769. The van der Waals surface area contributed by atoms with Gasteiger partial charge in [-0.15, -0.1) is 11.3 Å². The van der Waals surface area contributed by atoms with Crippen LogP contribution in [-0.4, -0.2) is 22.6 Å². The molecule has 0 fully saturated rings. The molecule has 1 N–H and O–H groups in total. The number of hydrogen-bond donors (Lipinski definition) is 1. The molecule has 7 nitrogen and oxygen atoms in total. The fraction of sp³-hybridized carbons (Fsp3) is 0.269. The second kappa shape index (κ2) is 7.99. The number of thiazole rings is 1. The van der Waals surface area contributed by atoms with Crippen molar-refractivity contribution in [1.82, 2.24) is 4.98 Å². The number of rotatable bonds is 4. The van der Waals surface area contributed by atoms with E-state index in [-0.39, 0.29) is 28.3 Å². The molecule has 8 heteroatoms. The van der Waals surface area contributed by atoms with Gasteiger partial charge in [-0.3, -0.25) is 14.5 Å². The molecule has 0 saturated carbocycles. The van der Waals surface area contributed by atoms with E-state index in [4.69, 9.17) is 9.15 Å². The van der Waals surface area contributed by atoms with Gasteiger partial charge in [0.15, 0.2) is 22.1 Å². The van der Waals surface area contributed by atoms with Gasteiger partial charge < -0.3 is 14.3 Å². The average molecular weight is 477 g/mol. The maximum atomic E-state index is 13.8. The van der Waals surface area contributed by atoms with Crippen molar-refractivity contribution in [1.29, 1.82) is 0 Å². The number of ether oxygens (including phenoxy) is 1. The van der Waals surface area contributed by atoms with E-state index in [1.807, 2.05) is 34.6 Å². The molecule has 0 bridgehead atoms. The molecule has 1 unspecified atom stereocenters. The van der Waals surface area contributed by atoms with E-state index in [0.29, 0.717) is 28.3 Å². The Kier molecular flexibility index (Phi) is 5.20. The standard InChI is InChI=1S/C26H24N2O5S/c1-6-32-20-11-16(7-8-18(20)29)22-21-23(30)17-9-12(2)13(3)10-19(17)33-24(21)25(31)28(22)26-27-14(4)15(5)34-26/h7-11,22,29H,6H2,1-5H3. The Hall–Kier alpha value is -3.65. The fourth-order valence-corrected chi connectivity index (χ4v) is 5.21. The van der Waals surface area contributed by atoms with E-state index in [1.54, 1.807) is 24.3 Å². The fourth-order valence-electron chi connectivity index (χ4n) is 4.27. The molecule has 34 heavy (non-hydrogen) atoms. The number of amides is 1. The molecule has 3 heterocycles. The lowest BCUT2D eigenvalue weighted by atomic mass is 9.97. The van der Waals surface area contributed by atoms with Gasteiger partial charge in [-0.05, 0) is 75.6 Å². The number of carbonyl (C=O) groups excluding carboxylic acids is 1. The summed E-state index contributed by atoms with van der Waals surface area (Å²) in [6.07, 6.45) is 0. The topological polar surface area (TPSA) is 92.9 Å². The van der Waals surface area contributed by atoms with E-state index in [2.05, 4.69) is 4.98 Å². The maximum Gasteiger partial charge on any atom is 0.297 e. The number of aromatic hydroxyl groups is 1. The van der Waals surface area contributed by atoms with E-state index < -0.39 is 11.9 Å². The van der Waals surface area contributed by atoms with Gasteiger partial charge in [0, 0.05) is 4.88 Å². The summed E-state index contributed by atoms with van der Waals surface area (Å²) in [6, 6.07) is 7.69. The first kappa shape index (κ1) is 22.2. The molecule has 2 aromatic heterocycles. The van der Waals surface area contributed by atoms with E-state index in [1.165, 1.54) is 22.3 Å². The number of hydrogen-bond acceptors (Lipinski definition) is 7. The van der Waals surface area contributed by atoms with E-state index >= 15 is 0 Å². The smallest absolute Gasteiger partial charge is 0.297 e. The molecule has 0 saturated heterocycles. The van der Waals surface area contributed by atoms with Crippen molar-refractivity contribution in [3.63, 3.8) is 0 Å². The Bertz CT molecular complexity index is 1520. The molecule has 4 aromatic rings. The maximum absolute atomic E-state index is 13.8. The first-order chi connectivity index (χ1) is 16.2. The highest BCUT2D eigenvalue weighted by Gasteiger charge is 2.45. The van der Waals surface area contributed by atoms with Crippen molar-refractivity contribution in [3.8, 4) is 11.5 Å². The molecule has 1 aliphatic heterocycles. The second-order valence-corrected chi connectivity index (χ2v) is 9.66. The first-order valence-electron chi connectivity index (χ1n) is 11.0. The molecular formula is C26H24N2O5S. The van der Waals surface area contributed by atoms with Crippen LogP contribution in [0.4, 0.5) is 5.13 Å². The molecule has 0 spiro atoms. The van der Waals surface area contributed by atoms with Crippen LogP contribution in [0.5, 0.6) is 11.5 Å². The van der Waals surface area contributed by atoms with Crippen molar-refractivity contribution in [3.05, 3.63) is 79.1 Å². The first-order valence-corrected chi connectivity index (χ1v) is 11.8. The summed E-state index contributed by atoms with van der Waals surface area (Å²) in [5, 5.41) is 11.1. The van der Waals surface area contributed by atoms with Crippen molar-refractivity contribution < 1.29 is 19.1 Å². The van der Waals surface area contributed by atoms with Crippen LogP contribution in [0.25, 0.3) is 11.0 Å². The Morgan fingerprint density at radius 2 is 1.85 bits per heavy atom. The van der Waals surface area contributed by atoms with Gasteiger partial charge in [-0.1, -0.05) is 6.07 Å². The third-order valence-electron chi connectivity index (χ3n) is 6.31. The van der Waals surface area contributed by atoms with Gasteiger partial charge in [0.1, 0.15) is 5.58 Å². The molecule has 1 atom stereocenters. The largest absolute Gasteiger partial charge is 0.504 e. The number of nitrogens with zero attached hydrogens (tertiary/aromatic N) is 2. The van der Waals surface area contributed by atoms with Crippen molar-refractivity contribution >= 4 is 33.3 Å². The highest BCUT2D eigenvalue weighted by molar-refractivity contribution is 7.15. The minimum absolute atomic E-state index is 0.0146. The number of anilines is 1. The lowest BCUT2D eigenvalue weighted by Gasteiger charge is -2.23. The molecule has 1 amide bonds. The van der Waals surface area contributed by atoms with Crippen LogP contribution in [0, 0.1) is 27.7 Å². The van der Waals surface area contributed by atoms with Crippen LogP contribution >= 0.6 is 11.3 Å². The van der Waals surface area contributed by atoms with Crippen LogP contribution in [-0.2, 0) is 0 Å². The zero-order valence-electron chi connectivity index (χ0n) is 19.6. The van der Waals surface area contributed by atoms with Crippen LogP contribution in [0.3, 0.4) is 0 Å². The van der Waals surface area contributed by atoms with Gasteiger partial charge in [0.2, 0.25) is 5.76 Å². The highest BCUT2D eigenvalue weighted by atomic mass is 32.1. The van der Waals surface area contributed by atoms with Crippen molar-refractivity contribution in [2.45, 2.75) is 40.7 Å². The summed E-state index contributed by atoms with van der Waals surface area (Å²) in [6.45, 7) is 9.87. The molecule has 1 aliphatic rings. The van der Waals surface area contributed by atoms with Crippen LogP contribution in [0.2, 0.25) is 0 Å². The highest BCUT2D eigenvalue weighted by Crippen LogP contribution is 2.44. The monoisotopic (exact) mass is 476 g/mol. The average Bonchev–Trinajstić information content (AvgIpc) is 3.27. The summed E-state index contributed by atoms with van der Waals surface area (Å²) < 4.78 is 11.7. The summed E-state index contributed by atoms with van der Waals surface area (Å²) in [5.74, 6) is -0.136. The third-order valence-corrected chi connectivity index (χ3v) is 7.38. The van der Waals surface area contributed by atoms with Crippen LogP contribution < -0.4 is 15.1 Å². The molecule has 0 aliphatic carbocycles. The van der Waals surface area contributed by atoms with E-state index in [9.17, 15) is 14.7 Å². The minimum Gasteiger partial charge on any atom is -0.504 e. The van der Waals surface area contributed by atoms with Crippen molar-refractivity contribution in [2.75, 3.05) is 11.5 Å². The van der Waals surface area contributed by atoms with Gasteiger partial charge >= 0.3 is 0 Å². The number of carbonyl (C=O) groups is 1. The number of phenols is 1. The lowest BCUT2D eigenvalue weighted by molar-refractivity contribution is 0.0971. The summed E-state index contributed by atoms with van der Waals surface area (Å²) in [7, 11) is 0. The lowest BCUT2D eigenvalue weighted by Crippen LogP contribution is -2.29. The summed E-state index contributed by atoms with van der Waals surface area (Å²) >= 11 is 1.39. The third kappa shape index (κ3) is 3.28. The number of aromatic nitrogens is 1. The molecule has 0 radical (unpaired) electrons. The number of benzene rings is 2. The van der Waals surface area contributed by atoms with Gasteiger partial charge in [0.25, 0.3) is 5.91 Å². The Balaban J connectivity index is 1.82. The van der Waals surface area contributed by atoms with Gasteiger partial charge in [-0.2, -0.15) is 0 Å². The van der Waals surface area contributed by atoms with Crippen LogP contribution in [0.1, 0.15) is 56.3 Å². The molecule has 2 aromatic carbocycles. The number of fused-ring (bicyclic) bond motifs is 2. The van der Waals surface area contributed by atoms with Crippen LogP contribution in [0.15, 0.2) is 39.5 Å². The van der Waals surface area contributed by atoms with Crippen molar-refractivity contribution in [2.24, 2.45) is 0 Å². The molecule has 5 rings (SSSR count). The molecular weight excluding hydrogens is 452 g/mol. The SMILES string of the molecule is CCOc1cc(C2c3c(oc4cc(C)c(C)cc4c3=O)C(=O)N2c2nc(C)c(C)s2)ccc1O. The Morgan fingerprint density at radius 1 is 1.12 bits per heavy atom. The second-order valence-electron chi connectivity index (χ2n) is 8.48. The number of phenolic OH excluding ortho intramolecular Hbond substituents is 1.